The molecule has 1 aromatic rings. The highest BCUT2D eigenvalue weighted by atomic mass is 15.3. The zero-order valence-electron chi connectivity index (χ0n) is 14.4. The molecule has 1 atom stereocenters. The molecule has 1 unspecified atom stereocenters. The summed E-state index contributed by atoms with van der Waals surface area (Å²) in [5, 5.41) is 3.61. The molecule has 3 heteroatoms. The summed E-state index contributed by atoms with van der Waals surface area (Å²) in [7, 11) is 0. The van der Waals surface area contributed by atoms with Crippen molar-refractivity contribution >= 4 is 0 Å². The largest absolute Gasteiger partial charge is 0.316 e. The van der Waals surface area contributed by atoms with E-state index in [0.717, 1.165) is 13.1 Å². The topological polar surface area (TPSA) is 18.5 Å². The Morgan fingerprint density at radius 2 is 1.68 bits per heavy atom. The fraction of sp³-hybridized carbons (Fsp3) is 0.684. The van der Waals surface area contributed by atoms with E-state index in [-0.39, 0.29) is 0 Å². The first kappa shape index (κ1) is 17.5. The van der Waals surface area contributed by atoms with Crippen molar-refractivity contribution in [2.24, 2.45) is 0 Å². The summed E-state index contributed by atoms with van der Waals surface area (Å²) in [5.41, 5.74) is 1.43. The number of benzene rings is 1. The van der Waals surface area contributed by atoms with E-state index in [1.165, 1.54) is 57.7 Å². The van der Waals surface area contributed by atoms with Crippen molar-refractivity contribution in [2.75, 3.05) is 52.4 Å². The summed E-state index contributed by atoms with van der Waals surface area (Å²) in [4.78, 5) is 5.17. The molecule has 0 aromatic heterocycles. The van der Waals surface area contributed by atoms with Gasteiger partial charge < -0.3 is 15.1 Å². The highest BCUT2D eigenvalue weighted by Gasteiger charge is 2.14. The van der Waals surface area contributed by atoms with Crippen molar-refractivity contribution in [2.45, 2.75) is 32.6 Å². The normalized spacial score (nSPS) is 18.5. The van der Waals surface area contributed by atoms with Crippen LogP contribution >= 0.6 is 0 Å². The highest BCUT2D eigenvalue weighted by Crippen LogP contribution is 2.12. The molecule has 1 aliphatic rings. The van der Waals surface area contributed by atoms with E-state index in [0.29, 0.717) is 5.92 Å². The maximum atomic E-state index is 3.61. The Bertz CT molecular complexity index is 385. The van der Waals surface area contributed by atoms with E-state index < -0.39 is 0 Å². The molecule has 1 fully saturated rings. The van der Waals surface area contributed by atoms with Crippen LogP contribution in [-0.4, -0.2) is 62.2 Å². The lowest BCUT2D eigenvalue weighted by molar-refractivity contribution is 0.135. The van der Waals surface area contributed by atoms with E-state index in [1.54, 1.807) is 0 Å². The summed E-state index contributed by atoms with van der Waals surface area (Å²) in [6.07, 6.45) is 2.61. The number of piperazine rings is 1. The molecule has 1 aromatic carbocycles. The van der Waals surface area contributed by atoms with Crippen molar-refractivity contribution in [3.05, 3.63) is 35.9 Å². The van der Waals surface area contributed by atoms with Crippen LogP contribution in [0.4, 0.5) is 0 Å². The molecular weight excluding hydrogens is 270 g/mol. The van der Waals surface area contributed by atoms with Crippen LogP contribution in [-0.2, 0) is 0 Å². The molecule has 1 heterocycles. The second kappa shape index (κ2) is 9.98. The van der Waals surface area contributed by atoms with Crippen LogP contribution in [0.1, 0.15) is 38.2 Å². The monoisotopic (exact) mass is 303 g/mol. The van der Waals surface area contributed by atoms with E-state index in [4.69, 9.17) is 0 Å². The van der Waals surface area contributed by atoms with Gasteiger partial charge in [0.25, 0.3) is 0 Å². The lowest BCUT2D eigenvalue weighted by Crippen LogP contribution is -2.46. The first-order valence-electron chi connectivity index (χ1n) is 9.00. The van der Waals surface area contributed by atoms with Crippen molar-refractivity contribution in [1.29, 1.82) is 0 Å². The number of unbranched alkanes of at least 4 members (excludes halogenated alkanes) is 1. The summed E-state index contributed by atoms with van der Waals surface area (Å²) in [6.45, 7) is 14.3. The Balaban J connectivity index is 1.48. The SMILES string of the molecule is CCN1CCN(CCCCNCC(C)c2ccccc2)CC1. The van der Waals surface area contributed by atoms with Gasteiger partial charge in [-0.05, 0) is 44.0 Å². The standard InChI is InChI=1S/C19H33N3/c1-3-21-13-15-22(16-14-21)12-8-7-11-20-17-18(2)19-9-5-4-6-10-19/h4-6,9-10,18,20H,3,7-8,11-17H2,1-2H3. The molecule has 0 amide bonds. The lowest BCUT2D eigenvalue weighted by atomic mass is 10.0. The molecule has 22 heavy (non-hydrogen) atoms. The predicted molar refractivity (Wildman–Crippen MR) is 95.5 cm³/mol. The molecule has 0 bridgehead atoms. The van der Waals surface area contributed by atoms with Gasteiger partial charge in [-0.1, -0.05) is 44.2 Å². The molecule has 0 aliphatic carbocycles. The third-order valence-electron chi connectivity index (χ3n) is 4.81. The Hall–Kier alpha value is -0.900. The lowest BCUT2D eigenvalue weighted by Gasteiger charge is -2.34. The first-order valence-corrected chi connectivity index (χ1v) is 9.00. The van der Waals surface area contributed by atoms with Crippen molar-refractivity contribution in [3.63, 3.8) is 0 Å². The summed E-state index contributed by atoms with van der Waals surface area (Å²) in [5.74, 6) is 0.600. The van der Waals surface area contributed by atoms with E-state index in [2.05, 4.69) is 59.3 Å². The highest BCUT2D eigenvalue weighted by molar-refractivity contribution is 5.18. The minimum absolute atomic E-state index is 0.600. The summed E-state index contributed by atoms with van der Waals surface area (Å²) in [6, 6.07) is 10.8. The van der Waals surface area contributed by atoms with Gasteiger partial charge in [-0.2, -0.15) is 0 Å². The van der Waals surface area contributed by atoms with Crippen LogP contribution in [0.2, 0.25) is 0 Å². The molecule has 0 radical (unpaired) electrons. The number of nitrogens with one attached hydrogen (secondary N) is 1. The zero-order valence-corrected chi connectivity index (χ0v) is 14.4. The molecule has 2 rings (SSSR count). The molecule has 1 saturated heterocycles. The Labute approximate surface area is 136 Å². The Morgan fingerprint density at radius 1 is 1.00 bits per heavy atom. The predicted octanol–water partition coefficient (Wildman–Crippen LogP) is 2.80. The first-order chi connectivity index (χ1) is 10.8. The maximum Gasteiger partial charge on any atom is 0.0110 e. The number of nitrogens with zero attached hydrogens (tertiary/aromatic N) is 2. The van der Waals surface area contributed by atoms with Gasteiger partial charge in [0, 0.05) is 32.7 Å². The smallest absolute Gasteiger partial charge is 0.0110 e. The van der Waals surface area contributed by atoms with Gasteiger partial charge in [-0.3, -0.25) is 0 Å². The average molecular weight is 303 g/mol. The minimum atomic E-state index is 0.600. The molecule has 1 N–H and O–H groups in total. The second-order valence-electron chi connectivity index (χ2n) is 6.50. The second-order valence-corrected chi connectivity index (χ2v) is 6.50. The molecule has 124 valence electrons. The molecule has 1 aliphatic heterocycles. The van der Waals surface area contributed by atoms with E-state index in [1.807, 2.05) is 0 Å². The number of rotatable bonds is 9. The molecule has 0 saturated carbocycles. The van der Waals surface area contributed by atoms with Gasteiger partial charge >= 0.3 is 0 Å². The van der Waals surface area contributed by atoms with Gasteiger partial charge in [-0.15, -0.1) is 0 Å². The van der Waals surface area contributed by atoms with Crippen molar-refractivity contribution in [1.82, 2.24) is 15.1 Å². The molecule has 0 spiro atoms. The number of likely N-dealkylation sites (N-methyl/N-ethyl adjacent to an activating group) is 1. The third-order valence-corrected chi connectivity index (χ3v) is 4.81. The summed E-state index contributed by atoms with van der Waals surface area (Å²) < 4.78 is 0. The Kier molecular flexibility index (Phi) is 7.92. The summed E-state index contributed by atoms with van der Waals surface area (Å²) >= 11 is 0. The fourth-order valence-electron chi connectivity index (χ4n) is 3.13. The third kappa shape index (κ3) is 6.07. The van der Waals surface area contributed by atoms with Gasteiger partial charge in [0.1, 0.15) is 0 Å². The molecular formula is C19H33N3. The van der Waals surface area contributed by atoms with Crippen molar-refractivity contribution < 1.29 is 0 Å². The average Bonchev–Trinajstić information content (AvgIpc) is 2.59. The molecule has 3 nitrogen and oxygen atoms in total. The minimum Gasteiger partial charge on any atom is -0.316 e. The van der Waals surface area contributed by atoms with Crippen LogP contribution in [0.25, 0.3) is 0 Å². The van der Waals surface area contributed by atoms with Gasteiger partial charge in [0.2, 0.25) is 0 Å². The van der Waals surface area contributed by atoms with Crippen LogP contribution < -0.4 is 5.32 Å². The number of hydrogen-bond acceptors (Lipinski definition) is 3. The van der Waals surface area contributed by atoms with E-state index in [9.17, 15) is 0 Å². The maximum absolute atomic E-state index is 3.61. The van der Waals surface area contributed by atoms with Crippen LogP contribution in [0.3, 0.4) is 0 Å². The van der Waals surface area contributed by atoms with E-state index >= 15 is 0 Å². The Morgan fingerprint density at radius 3 is 2.36 bits per heavy atom. The fourth-order valence-corrected chi connectivity index (χ4v) is 3.13. The quantitative estimate of drug-likeness (QED) is 0.708. The van der Waals surface area contributed by atoms with Gasteiger partial charge in [0.05, 0.1) is 0 Å². The van der Waals surface area contributed by atoms with Gasteiger partial charge in [-0.25, -0.2) is 0 Å². The van der Waals surface area contributed by atoms with Crippen LogP contribution in [0.5, 0.6) is 0 Å². The van der Waals surface area contributed by atoms with Crippen LogP contribution in [0.15, 0.2) is 30.3 Å². The van der Waals surface area contributed by atoms with Crippen LogP contribution in [0, 0.1) is 0 Å². The number of hydrogen-bond donors (Lipinski definition) is 1. The van der Waals surface area contributed by atoms with Gasteiger partial charge in [0.15, 0.2) is 0 Å². The zero-order chi connectivity index (χ0) is 15.6. The van der Waals surface area contributed by atoms with Crippen molar-refractivity contribution in [3.8, 4) is 0 Å².